The lowest BCUT2D eigenvalue weighted by Crippen LogP contribution is -2.33. The van der Waals surface area contributed by atoms with Gasteiger partial charge in [0.2, 0.25) is 0 Å². The fourth-order valence-corrected chi connectivity index (χ4v) is 2.08. The fourth-order valence-electron chi connectivity index (χ4n) is 1.38. The number of rotatable bonds is 1. The van der Waals surface area contributed by atoms with Crippen LogP contribution in [0.4, 0.5) is 4.39 Å². The highest BCUT2D eigenvalue weighted by Crippen LogP contribution is 2.21. The molecule has 2 aromatic rings. The van der Waals surface area contributed by atoms with Gasteiger partial charge in [0.05, 0.1) is 0 Å². The summed E-state index contributed by atoms with van der Waals surface area (Å²) in [6.45, 7) is 0. The fraction of sp³-hybridized carbons (Fsp3) is 0. The quantitative estimate of drug-likeness (QED) is 0.818. The highest BCUT2D eigenvalue weighted by Gasteiger charge is 2.13. The zero-order chi connectivity index (χ0) is 12.6. The van der Waals surface area contributed by atoms with Gasteiger partial charge in [0.1, 0.15) is 16.7 Å². The zero-order valence-corrected chi connectivity index (χ0v) is 10.5. The van der Waals surface area contributed by atoms with Crippen LogP contribution in [0, 0.1) is 5.82 Å². The van der Waals surface area contributed by atoms with Crippen LogP contribution in [-0.2, 0) is 0 Å². The highest BCUT2D eigenvalue weighted by molar-refractivity contribution is 9.10. The topological polar surface area (TPSA) is 54.9 Å². The summed E-state index contributed by atoms with van der Waals surface area (Å²) in [5, 5.41) is -0.0938. The molecule has 1 aromatic carbocycles. The SMILES string of the molecule is O=c1cc(Cl)[nH]c(=O)n1-c1c(F)cccc1Br. The summed E-state index contributed by atoms with van der Waals surface area (Å²) in [5.74, 6) is -0.686. The second-order valence-corrected chi connectivity index (χ2v) is 4.43. The third-order valence-corrected chi connectivity index (χ3v) is 2.90. The molecule has 88 valence electrons. The Morgan fingerprint density at radius 3 is 2.65 bits per heavy atom. The number of nitrogens with one attached hydrogen (secondary N) is 1. The van der Waals surface area contributed by atoms with Gasteiger partial charge in [-0.15, -0.1) is 0 Å². The number of hydrogen-bond acceptors (Lipinski definition) is 2. The summed E-state index contributed by atoms with van der Waals surface area (Å²) in [6.07, 6.45) is 0. The van der Waals surface area contributed by atoms with Crippen LogP contribution >= 0.6 is 27.5 Å². The van der Waals surface area contributed by atoms with E-state index in [0.717, 1.165) is 12.1 Å². The number of hydrogen-bond donors (Lipinski definition) is 1. The van der Waals surface area contributed by atoms with Crippen molar-refractivity contribution in [3.05, 3.63) is 60.5 Å². The summed E-state index contributed by atoms with van der Waals surface area (Å²) in [7, 11) is 0. The van der Waals surface area contributed by atoms with Crippen molar-refractivity contribution < 1.29 is 4.39 Å². The van der Waals surface area contributed by atoms with E-state index < -0.39 is 17.1 Å². The number of para-hydroxylation sites is 1. The van der Waals surface area contributed by atoms with Crippen LogP contribution in [-0.4, -0.2) is 9.55 Å². The molecule has 0 aliphatic heterocycles. The first-order valence-electron chi connectivity index (χ1n) is 4.47. The molecule has 1 aromatic heterocycles. The van der Waals surface area contributed by atoms with Crippen molar-refractivity contribution in [1.29, 1.82) is 0 Å². The smallest absolute Gasteiger partial charge is 0.297 e. The van der Waals surface area contributed by atoms with Crippen molar-refractivity contribution in [3.8, 4) is 5.69 Å². The molecule has 0 unspecified atom stereocenters. The standard InChI is InChI=1S/C10H5BrClFN2O2/c11-5-2-1-3-6(13)9(5)15-8(16)4-7(12)14-10(15)17/h1-4H,(H,14,17). The third-order valence-electron chi connectivity index (χ3n) is 2.06. The Hall–Kier alpha value is -1.40. The molecule has 0 atom stereocenters. The predicted molar refractivity (Wildman–Crippen MR) is 65.3 cm³/mol. The molecular weight excluding hydrogens is 314 g/mol. The molecule has 0 radical (unpaired) electrons. The lowest BCUT2D eigenvalue weighted by Gasteiger charge is -2.07. The predicted octanol–water partition coefficient (Wildman–Crippen LogP) is 2.08. The van der Waals surface area contributed by atoms with Crippen molar-refractivity contribution in [2.45, 2.75) is 0 Å². The molecule has 1 heterocycles. The normalized spacial score (nSPS) is 10.5. The van der Waals surface area contributed by atoms with Crippen molar-refractivity contribution in [2.24, 2.45) is 0 Å². The van der Waals surface area contributed by atoms with Crippen molar-refractivity contribution in [2.75, 3.05) is 0 Å². The van der Waals surface area contributed by atoms with Crippen molar-refractivity contribution in [3.63, 3.8) is 0 Å². The molecule has 0 fully saturated rings. The Bertz CT molecular complexity index is 644. The van der Waals surface area contributed by atoms with Crippen LogP contribution in [0.1, 0.15) is 0 Å². The number of H-pyrrole nitrogens is 1. The van der Waals surface area contributed by atoms with Gasteiger partial charge in [-0.25, -0.2) is 13.8 Å². The van der Waals surface area contributed by atoms with Gasteiger partial charge in [-0.3, -0.25) is 9.78 Å². The van der Waals surface area contributed by atoms with E-state index in [1.165, 1.54) is 12.1 Å². The molecule has 0 aliphatic carbocycles. The van der Waals surface area contributed by atoms with Gasteiger partial charge in [0.25, 0.3) is 5.56 Å². The van der Waals surface area contributed by atoms with Gasteiger partial charge in [0.15, 0.2) is 0 Å². The lowest BCUT2D eigenvalue weighted by molar-refractivity contribution is 0.611. The second kappa shape index (κ2) is 4.46. The first kappa shape index (κ1) is 12.1. The molecule has 0 saturated carbocycles. The monoisotopic (exact) mass is 318 g/mol. The minimum Gasteiger partial charge on any atom is -0.297 e. The van der Waals surface area contributed by atoms with Crippen LogP contribution in [0.25, 0.3) is 5.69 Å². The molecule has 7 heteroatoms. The molecule has 0 bridgehead atoms. The molecule has 0 spiro atoms. The summed E-state index contributed by atoms with van der Waals surface area (Å²) in [4.78, 5) is 25.5. The number of aromatic nitrogens is 2. The Morgan fingerprint density at radius 1 is 1.35 bits per heavy atom. The van der Waals surface area contributed by atoms with Gasteiger partial charge in [-0.2, -0.15) is 0 Å². The average molecular weight is 320 g/mol. The number of halogens is 3. The van der Waals surface area contributed by atoms with Crippen LogP contribution in [0.2, 0.25) is 5.15 Å². The van der Waals surface area contributed by atoms with E-state index in [4.69, 9.17) is 11.6 Å². The van der Waals surface area contributed by atoms with Crippen LogP contribution < -0.4 is 11.2 Å². The lowest BCUT2D eigenvalue weighted by atomic mass is 10.3. The maximum atomic E-state index is 13.6. The maximum absolute atomic E-state index is 13.6. The van der Waals surface area contributed by atoms with Crippen LogP contribution in [0.15, 0.2) is 38.3 Å². The van der Waals surface area contributed by atoms with Crippen molar-refractivity contribution in [1.82, 2.24) is 9.55 Å². The summed E-state index contributed by atoms with van der Waals surface area (Å²) in [6, 6.07) is 5.14. The number of aromatic amines is 1. The van der Waals surface area contributed by atoms with Crippen molar-refractivity contribution >= 4 is 27.5 Å². The first-order valence-corrected chi connectivity index (χ1v) is 5.64. The Balaban J connectivity index is 2.88. The number of nitrogens with zero attached hydrogens (tertiary/aromatic N) is 1. The second-order valence-electron chi connectivity index (χ2n) is 3.17. The van der Waals surface area contributed by atoms with E-state index in [1.54, 1.807) is 0 Å². The maximum Gasteiger partial charge on any atom is 0.334 e. The first-order chi connectivity index (χ1) is 8.00. The molecule has 17 heavy (non-hydrogen) atoms. The van der Waals surface area contributed by atoms with E-state index in [2.05, 4.69) is 20.9 Å². The van der Waals surface area contributed by atoms with E-state index in [9.17, 15) is 14.0 Å². The van der Waals surface area contributed by atoms with Gasteiger partial charge in [-0.1, -0.05) is 17.7 Å². The molecule has 0 aliphatic rings. The average Bonchev–Trinajstić information content (AvgIpc) is 2.21. The number of benzene rings is 1. The van der Waals surface area contributed by atoms with E-state index in [1.807, 2.05) is 0 Å². The largest absolute Gasteiger partial charge is 0.334 e. The molecule has 2 rings (SSSR count). The minimum absolute atomic E-state index is 0.0938. The molecule has 0 saturated heterocycles. The molecular formula is C10H5BrClFN2O2. The third kappa shape index (κ3) is 2.18. The molecule has 0 amide bonds. The van der Waals surface area contributed by atoms with Gasteiger partial charge in [0, 0.05) is 10.5 Å². The minimum atomic E-state index is -0.798. The Morgan fingerprint density at radius 2 is 2.06 bits per heavy atom. The van der Waals surface area contributed by atoms with Gasteiger partial charge >= 0.3 is 5.69 Å². The van der Waals surface area contributed by atoms with E-state index in [-0.39, 0.29) is 10.8 Å². The molecule has 4 nitrogen and oxygen atoms in total. The van der Waals surface area contributed by atoms with Crippen LogP contribution in [0.5, 0.6) is 0 Å². The zero-order valence-electron chi connectivity index (χ0n) is 8.21. The summed E-state index contributed by atoms with van der Waals surface area (Å²) < 4.78 is 14.6. The Kier molecular flexibility index (Phi) is 3.17. The highest BCUT2D eigenvalue weighted by atomic mass is 79.9. The Labute approximate surface area is 108 Å². The summed E-state index contributed by atoms with van der Waals surface area (Å²) in [5.41, 5.74) is -1.65. The molecule has 1 N–H and O–H groups in total. The van der Waals surface area contributed by atoms with Crippen LogP contribution in [0.3, 0.4) is 0 Å². The van der Waals surface area contributed by atoms with E-state index in [0.29, 0.717) is 9.04 Å². The van der Waals surface area contributed by atoms with Gasteiger partial charge in [-0.05, 0) is 28.1 Å². The van der Waals surface area contributed by atoms with E-state index >= 15 is 0 Å². The summed E-state index contributed by atoms with van der Waals surface area (Å²) >= 11 is 8.60. The van der Waals surface area contributed by atoms with Gasteiger partial charge < -0.3 is 0 Å².